The second-order valence-corrected chi connectivity index (χ2v) is 5.70. The van der Waals surface area contributed by atoms with Gasteiger partial charge in [-0.25, -0.2) is 15.0 Å². The summed E-state index contributed by atoms with van der Waals surface area (Å²) in [6.07, 6.45) is 6.72. The van der Waals surface area contributed by atoms with E-state index in [1.807, 2.05) is 12.5 Å². The molecular weight excluding hydrogens is 330 g/mol. The Morgan fingerprint density at radius 3 is 2.67 bits per heavy atom. The average molecular weight is 352 g/mol. The summed E-state index contributed by atoms with van der Waals surface area (Å²) in [6.45, 7) is 8.12. The number of nitrogens with one attached hydrogen (secondary N) is 1. The van der Waals surface area contributed by atoms with E-state index in [0.29, 0.717) is 0 Å². The van der Waals surface area contributed by atoms with Crippen LogP contribution in [-0.4, -0.2) is 26.1 Å². The second-order valence-electron chi connectivity index (χ2n) is 4.91. The summed E-state index contributed by atoms with van der Waals surface area (Å²) in [5.74, 6) is 1.60. The van der Waals surface area contributed by atoms with Crippen LogP contribution in [0.2, 0.25) is 0 Å². The van der Waals surface area contributed by atoms with Crippen molar-refractivity contribution in [3.63, 3.8) is 0 Å². The normalized spacial score (nSPS) is 10.9. The molecule has 2 aromatic heterocycles. The molecule has 21 heavy (non-hydrogen) atoms. The van der Waals surface area contributed by atoms with Crippen molar-refractivity contribution in [2.24, 2.45) is 0 Å². The third-order valence-electron chi connectivity index (χ3n) is 3.16. The first-order valence-electron chi connectivity index (χ1n) is 7.51. The van der Waals surface area contributed by atoms with Gasteiger partial charge in [0.1, 0.15) is 11.5 Å². The van der Waals surface area contributed by atoms with Crippen LogP contribution in [0.3, 0.4) is 0 Å². The molecule has 0 fully saturated rings. The van der Waals surface area contributed by atoms with Crippen LogP contribution in [-0.2, 0) is 13.0 Å². The molecule has 2 aromatic rings. The Morgan fingerprint density at radius 1 is 1.19 bits per heavy atom. The van der Waals surface area contributed by atoms with Crippen LogP contribution in [0.25, 0.3) is 11.5 Å². The molecule has 0 spiro atoms. The van der Waals surface area contributed by atoms with E-state index < -0.39 is 0 Å². The summed E-state index contributed by atoms with van der Waals surface area (Å²) in [6, 6.07) is 0. The minimum atomic E-state index is 0.739. The molecule has 0 aliphatic heterocycles. The quantitative estimate of drug-likeness (QED) is 0.821. The SMILES string of the molecule is CCCc1nc(-c2cncn2CCC)nc(NCC)c1Br. The van der Waals surface area contributed by atoms with Crippen molar-refractivity contribution in [2.45, 2.75) is 46.6 Å². The zero-order chi connectivity index (χ0) is 15.2. The zero-order valence-electron chi connectivity index (χ0n) is 12.9. The first-order valence-corrected chi connectivity index (χ1v) is 8.31. The maximum Gasteiger partial charge on any atom is 0.180 e. The van der Waals surface area contributed by atoms with Gasteiger partial charge in [-0.1, -0.05) is 20.3 Å². The van der Waals surface area contributed by atoms with Gasteiger partial charge in [0, 0.05) is 13.1 Å². The molecule has 6 heteroatoms. The highest BCUT2D eigenvalue weighted by atomic mass is 79.9. The van der Waals surface area contributed by atoms with Crippen LogP contribution in [0.4, 0.5) is 5.82 Å². The smallest absolute Gasteiger partial charge is 0.180 e. The third kappa shape index (κ3) is 3.61. The van der Waals surface area contributed by atoms with Gasteiger partial charge in [0.25, 0.3) is 0 Å². The highest BCUT2D eigenvalue weighted by Gasteiger charge is 2.15. The van der Waals surface area contributed by atoms with E-state index >= 15 is 0 Å². The van der Waals surface area contributed by atoms with Crippen molar-refractivity contribution in [3.05, 3.63) is 22.7 Å². The highest BCUT2D eigenvalue weighted by Crippen LogP contribution is 2.28. The third-order valence-corrected chi connectivity index (χ3v) is 3.99. The number of aryl methyl sites for hydroxylation is 2. The van der Waals surface area contributed by atoms with Crippen LogP contribution in [0.5, 0.6) is 0 Å². The summed E-state index contributed by atoms with van der Waals surface area (Å²) in [4.78, 5) is 13.6. The number of halogens is 1. The van der Waals surface area contributed by atoms with Crippen molar-refractivity contribution >= 4 is 21.7 Å². The molecule has 1 N–H and O–H groups in total. The Hall–Kier alpha value is -1.43. The standard InChI is InChI=1S/C15H22BrN5/c1-4-7-11-13(16)15(18-6-3)20-14(19-11)12-9-17-10-21(12)8-5-2/h9-10H,4-8H2,1-3H3,(H,18,19,20). The molecule has 0 saturated carbocycles. The summed E-state index contributed by atoms with van der Waals surface area (Å²) >= 11 is 3.62. The number of nitrogens with zero attached hydrogens (tertiary/aromatic N) is 4. The molecule has 0 amide bonds. The first kappa shape index (κ1) is 15.9. The molecule has 0 saturated heterocycles. The Labute approximate surface area is 134 Å². The topological polar surface area (TPSA) is 55.6 Å². The van der Waals surface area contributed by atoms with Crippen molar-refractivity contribution in [1.29, 1.82) is 0 Å². The molecular formula is C15H22BrN5. The number of aromatic nitrogens is 4. The van der Waals surface area contributed by atoms with Gasteiger partial charge in [0.15, 0.2) is 5.82 Å². The van der Waals surface area contributed by atoms with Gasteiger partial charge in [-0.15, -0.1) is 0 Å². The van der Waals surface area contributed by atoms with Crippen LogP contribution >= 0.6 is 15.9 Å². The van der Waals surface area contributed by atoms with E-state index in [2.05, 4.69) is 56.6 Å². The minimum absolute atomic E-state index is 0.739. The predicted octanol–water partition coefficient (Wildman–Crippen LogP) is 3.90. The maximum absolute atomic E-state index is 4.73. The number of imidazole rings is 1. The van der Waals surface area contributed by atoms with Gasteiger partial charge in [-0.3, -0.25) is 0 Å². The molecule has 0 aromatic carbocycles. The number of anilines is 1. The average Bonchev–Trinajstić information content (AvgIpc) is 2.92. The fraction of sp³-hybridized carbons (Fsp3) is 0.533. The van der Waals surface area contributed by atoms with E-state index in [4.69, 9.17) is 4.98 Å². The minimum Gasteiger partial charge on any atom is -0.369 e. The summed E-state index contributed by atoms with van der Waals surface area (Å²) in [5, 5.41) is 3.30. The van der Waals surface area contributed by atoms with Crippen LogP contribution in [0, 0.1) is 0 Å². The van der Waals surface area contributed by atoms with E-state index in [1.165, 1.54) is 0 Å². The van der Waals surface area contributed by atoms with E-state index in [9.17, 15) is 0 Å². The van der Waals surface area contributed by atoms with E-state index in [0.717, 1.165) is 59.9 Å². The maximum atomic E-state index is 4.73. The molecule has 5 nitrogen and oxygen atoms in total. The lowest BCUT2D eigenvalue weighted by Crippen LogP contribution is -2.08. The van der Waals surface area contributed by atoms with Crippen LogP contribution < -0.4 is 5.32 Å². The molecule has 0 radical (unpaired) electrons. The monoisotopic (exact) mass is 351 g/mol. The molecule has 0 atom stereocenters. The molecule has 0 bridgehead atoms. The van der Waals surface area contributed by atoms with Crippen molar-refractivity contribution in [3.8, 4) is 11.5 Å². The Morgan fingerprint density at radius 2 is 2.00 bits per heavy atom. The molecule has 0 aliphatic rings. The first-order chi connectivity index (χ1) is 10.2. The number of hydrogen-bond donors (Lipinski definition) is 1. The molecule has 0 aliphatic carbocycles. The lowest BCUT2D eigenvalue weighted by molar-refractivity contribution is 0.680. The van der Waals surface area contributed by atoms with Crippen molar-refractivity contribution in [2.75, 3.05) is 11.9 Å². The van der Waals surface area contributed by atoms with Crippen LogP contribution in [0.1, 0.15) is 39.3 Å². The molecule has 114 valence electrons. The predicted molar refractivity (Wildman–Crippen MR) is 89.4 cm³/mol. The molecule has 0 unspecified atom stereocenters. The van der Waals surface area contributed by atoms with Crippen molar-refractivity contribution < 1.29 is 0 Å². The number of hydrogen-bond acceptors (Lipinski definition) is 4. The fourth-order valence-electron chi connectivity index (χ4n) is 2.22. The highest BCUT2D eigenvalue weighted by molar-refractivity contribution is 9.10. The Kier molecular flexibility index (Phi) is 5.73. The van der Waals surface area contributed by atoms with Gasteiger partial charge in [-0.2, -0.15) is 0 Å². The largest absolute Gasteiger partial charge is 0.369 e. The summed E-state index contributed by atoms with van der Waals surface area (Å²) in [7, 11) is 0. The van der Waals surface area contributed by atoms with Gasteiger partial charge < -0.3 is 9.88 Å². The summed E-state index contributed by atoms with van der Waals surface area (Å²) < 4.78 is 3.07. The summed E-state index contributed by atoms with van der Waals surface area (Å²) in [5.41, 5.74) is 2.02. The Balaban J connectivity index is 2.49. The zero-order valence-corrected chi connectivity index (χ0v) is 14.4. The lowest BCUT2D eigenvalue weighted by Gasteiger charge is -2.13. The van der Waals surface area contributed by atoms with Gasteiger partial charge >= 0.3 is 0 Å². The van der Waals surface area contributed by atoms with Gasteiger partial charge in [-0.05, 0) is 35.7 Å². The number of rotatable bonds is 7. The van der Waals surface area contributed by atoms with E-state index in [-0.39, 0.29) is 0 Å². The fourth-order valence-corrected chi connectivity index (χ4v) is 2.74. The van der Waals surface area contributed by atoms with Gasteiger partial charge in [0.05, 0.1) is 22.7 Å². The van der Waals surface area contributed by atoms with Crippen molar-refractivity contribution in [1.82, 2.24) is 19.5 Å². The second kappa shape index (κ2) is 7.54. The van der Waals surface area contributed by atoms with E-state index in [1.54, 1.807) is 0 Å². The molecule has 2 heterocycles. The lowest BCUT2D eigenvalue weighted by atomic mass is 10.2. The van der Waals surface area contributed by atoms with Crippen LogP contribution in [0.15, 0.2) is 17.0 Å². The van der Waals surface area contributed by atoms with Gasteiger partial charge in [0.2, 0.25) is 0 Å². The Bertz CT molecular complexity index is 566. The molecule has 2 rings (SSSR count).